The Morgan fingerprint density at radius 2 is 2.03 bits per heavy atom. The average molecular weight is 548 g/mol. The molecular weight excluding hydrogens is 526 g/mol. The molecule has 4 aromatic heterocycles. The summed E-state index contributed by atoms with van der Waals surface area (Å²) in [6.07, 6.45) is 9.77. The summed E-state index contributed by atoms with van der Waals surface area (Å²) in [4.78, 5) is 32.1. The maximum Gasteiger partial charge on any atom is 0.343 e. The van der Waals surface area contributed by atoms with Crippen molar-refractivity contribution in [3.63, 3.8) is 0 Å². The molecule has 0 fully saturated rings. The summed E-state index contributed by atoms with van der Waals surface area (Å²) in [5.41, 5.74) is 2.37. The Morgan fingerprint density at radius 1 is 1.18 bits per heavy atom. The Bertz CT molecular complexity index is 1620. The summed E-state index contributed by atoms with van der Waals surface area (Å²) in [6, 6.07) is 6.80. The van der Waals surface area contributed by atoms with Crippen LogP contribution in [0.1, 0.15) is 27.7 Å². The van der Waals surface area contributed by atoms with Crippen molar-refractivity contribution in [2.75, 3.05) is 5.32 Å². The van der Waals surface area contributed by atoms with Gasteiger partial charge in [-0.3, -0.25) is 10.1 Å². The SMILES string of the molecule is Cn1ccnc1C=Cc1ncc([N+](=O)[O-])n1CCn1cc(COc2ccccc2C(=O)Nc2nncs2)nn1. The van der Waals surface area contributed by atoms with Gasteiger partial charge in [-0.1, -0.05) is 28.7 Å². The molecule has 1 aromatic carbocycles. The predicted molar refractivity (Wildman–Crippen MR) is 140 cm³/mol. The Labute approximate surface area is 224 Å². The molecule has 1 N–H and O–H groups in total. The molecule has 5 aromatic rings. The van der Waals surface area contributed by atoms with Gasteiger partial charge in [0, 0.05) is 25.5 Å². The number of aromatic nitrogens is 9. The summed E-state index contributed by atoms with van der Waals surface area (Å²) in [5, 5.41) is 30.3. The topological polar surface area (TPSA) is 174 Å². The number of para-hydroxylation sites is 1. The van der Waals surface area contributed by atoms with Crippen LogP contribution in [0.4, 0.5) is 10.9 Å². The molecule has 0 saturated heterocycles. The molecule has 0 saturated carbocycles. The van der Waals surface area contributed by atoms with Crippen molar-refractivity contribution in [3.05, 3.63) is 87.6 Å². The fourth-order valence-electron chi connectivity index (χ4n) is 3.62. The molecule has 5 rings (SSSR count). The molecule has 39 heavy (non-hydrogen) atoms. The van der Waals surface area contributed by atoms with E-state index in [1.165, 1.54) is 27.6 Å². The number of carbonyl (C=O) groups excluding carboxylic acids is 1. The number of ether oxygens (including phenoxy) is 1. The van der Waals surface area contributed by atoms with Crippen molar-refractivity contribution >= 4 is 40.3 Å². The molecule has 0 radical (unpaired) electrons. The quantitative estimate of drug-likeness (QED) is 0.191. The van der Waals surface area contributed by atoms with Gasteiger partial charge in [0.1, 0.15) is 42.1 Å². The number of carbonyl (C=O) groups is 1. The van der Waals surface area contributed by atoms with E-state index in [0.717, 1.165) is 0 Å². The minimum atomic E-state index is -0.482. The maximum atomic E-state index is 12.6. The van der Waals surface area contributed by atoms with Gasteiger partial charge in [-0.05, 0) is 23.1 Å². The van der Waals surface area contributed by atoms with E-state index >= 15 is 0 Å². The molecule has 0 atom stereocenters. The lowest BCUT2D eigenvalue weighted by Crippen LogP contribution is -2.13. The Kier molecular flexibility index (Phi) is 7.44. The third-order valence-corrected chi connectivity index (χ3v) is 6.13. The lowest BCUT2D eigenvalue weighted by molar-refractivity contribution is -0.392. The second-order valence-electron chi connectivity index (χ2n) is 8.07. The minimum Gasteiger partial charge on any atom is -0.486 e. The van der Waals surface area contributed by atoms with E-state index in [1.807, 2.05) is 11.6 Å². The van der Waals surface area contributed by atoms with E-state index in [4.69, 9.17) is 4.74 Å². The molecule has 4 heterocycles. The van der Waals surface area contributed by atoms with Crippen molar-refractivity contribution in [1.82, 2.24) is 44.3 Å². The minimum absolute atomic E-state index is 0.0615. The predicted octanol–water partition coefficient (Wildman–Crippen LogP) is 2.67. The summed E-state index contributed by atoms with van der Waals surface area (Å²) >= 11 is 1.21. The van der Waals surface area contributed by atoms with Crippen LogP contribution < -0.4 is 10.1 Å². The third-order valence-electron chi connectivity index (χ3n) is 5.52. The highest BCUT2D eigenvalue weighted by Gasteiger charge is 2.19. The fourth-order valence-corrected chi connectivity index (χ4v) is 4.06. The molecule has 0 aliphatic rings. The zero-order chi connectivity index (χ0) is 27.2. The molecule has 0 aliphatic carbocycles. The van der Waals surface area contributed by atoms with Crippen LogP contribution in [0.25, 0.3) is 12.2 Å². The third kappa shape index (κ3) is 6.02. The summed E-state index contributed by atoms with van der Waals surface area (Å²) in [5.74, 6) is 0.957. The monoisotopic (exact) mass is 547 g/mol. The van der Waals surface area contributed by atoms with Crippen molar-refractivity contribution in [2.45, 2.75) is 19.7 Å². The Balaban J connectivity index is 1.23. The second kappa shape index (κ2) is 11.4. The highest BCUT2D eigenvalue weighted by molar-refractivity contribution is 7.13. The van der Waals surface area contributed by atoms with E-state index in [9.17, 15) is 14.9 Å². The van der Waals surface area contributed by atoms with Crippen LogP contribution >= 0.6 is 11.3 Å². The van der Waals surface area contributed by atoms with Crippen molar-refractivity contribution in [3.8, 4) is 5.75 Å². The van der Waals surface area contributed by atoms with Crippen molar-refractivity contribution < 1.29 is 14.5 Å². The van der Waals surface area contributed by atoms with E-state index < -0.39 is 4.92 Å². The van der Waals surface area contributed by atoms with Crippen LogP contribution in [0.5, 0.6) is 5.75 Å². The normalized spacial score (nSPS) is 11.2. The fraction of sp³-hybridized carbons (Fsp3) is 0.174. The van der Waals surface area contributed by atoms with Crippen LogP contribution in [-0.2, 0) is 26.7 Å². The molecule has 1 amide bonds. The number of imidazole rings is 2. The van der Waals surface area contributed by atoms with E-state index in [0.29, 0.717) is 40.3 Å². The first-order valence-electron chi connectivity index (χ1n) is 11.5. The van der Waals surface area contributed by atoms with Gasteiger partial charge in [0.15, 0.2) is 0 Å². The van der Waals surface area contributed by atoms with Crippen LogP contribution in [0.3, 0.4) is 0 Å². The van der Waals surface area contributed by atoms with Crippen LogP contribution in [0, 0.1) is 10.1 Å². The number of nitrogens with zero attached hydrogens (tertiary/aromatic N) is 10. The largest absolute Gasteiger partial charge is 0.486 e. The van der Waals surface area contributed by atoms with Gasteiger partial charge in [0.05, 0.1) is 18.3 Å². The molecule has 0 unspecified atom stereocenters. The second-order valence-corrected chi connectivity index (χ2v) is 8.90. The number of amides is 1. The summed E-state index contributed by atoms with van der Waals surface area (Å²) in [6.45, 7) is 0.592. The van der Waals surface area contributed by atoms with Gasteiger partial charge in [-0.15, -0.1) is 15.3 Å². The van der Waals surface area contributed by atoms with Gasteiger partial charge in [0.25, 0.3) is 5.91 Å². The molecule has 198 valence electrons. The number of nitro groups is 1. The first-order valence-corrected chi connectivity index (χ1v) is 12.4. The zero-order valence-corrected chi connectivity index (χ0v) is 21.3. The zero-order valence-electron chi connectivity index (χ0n) is 20.5. The van der Waals surface area contributed by atoms with Crippen molar-refractivity contribution in [2.24, 2.45) is 7.05 Å². The number of anilines is 1. The lowest BCUT2D eigenvalue weighted by atomic mass is 10.2. The van der Waals surface area contributed by atoms with Crippen LogP contribution in [-0.4, -0.2) is 55.1 Å². The number of benzene rings is 1. The standard InChI is InChI=1S/C23H21N11O4S/c1-31-9-8-24-19(31)6-7-20-25-12-21(34(36)37)33(20)11-10-32-13-16(28-30-32)14-38-18-5-3-2-4-17(18)22(35)27-23-29-26-15-39-23/h2-9,12-13,15H,10-11,14H2,1H3,(H,27,29,35). The van der Waals surface area contributed by atoms with Crippen LogP contribution in [0.2, 0.25) is 0 Å². The summed E-state index contributed by atoms with van der Waals surface area (Å²) in [7, 11) is 1.85. The van der Waals surface area contributed by atoms with Crippen molar-refractivity contribution in [1.29, 1.82) is 0 Å². The highest BCUT2D eigenvalue weighted by atomic mass is 32.1. The molecule has 0 aliphatic heterocycles. The average Bonchev–Trinajstić information content (AvgIpc) is 3.73. The summed E-state index contributed by atoms with van der Waals surface area (Å²) < 4.78 is 10.7. The molecular formula is C23H21N11O4S. The van der Waals surface area contributed by atoms with Gasteiger partial charge in [0.2, 0.25) is 11.0 Å². The molecule has 0 spiro atoms. The Morgan fingerprint density at radius 3 is 2.79 bits per heavy atom. The number of hydrogen-bond donors (Lipinski definition) is 1. The van der Waals surface area contributed by atoms with Crippen LogP contribution in [0.15, 0.2) is 54.6 Å². The van der Waals surface area contributed by atoms with E-state index in [1.54, 1.807) is 59.7 Å². The maximum absolute atomic E-state index is 12.6. The van der Waals surface area contributed by atoms with E-state index in [2.05, 4.69) is 35.8 Å². The van der Waals surface area contributed by atoms with E-state index in [-0.39, 0.29) is 24.9 Å². The number of nitrogens with one attached hydrogen (secondary N) is 1. The molecule has 16 heteroatoms. The van der Waals surface area contributed by atoms with Gasteiger partial charge < -0.3 is 19.4 Å². The lowest BCUT2D eigenvalue weighted by Gasteiger charge is -2.09. The first-order chi connectivity index (χ1) is 19.0. The molecule has 0 bridgehead atoms. The number of aryl methyl sites for hydroxylation is 2. The highest BCUT2D eigenvalue weighted by Crippen LogP contribution is 2.21. The van der Waals surface area contributed by atoms with Gasteiger partial charge in [-0.2, -0.15) is 0 Å². The first kappa shape index (κ1) is 25.4. The van der Waals surface area contributed by atoms with Gasteiger partial charge in [-0.25, -0.2) is 19.2 Å². The smallest absolute Gasteiger partial charge is 0.343 e. The number of rotatable bonds is 11. The number of hydrogen-bond acceptors (Lipinski definition) is 11. The molecule has 15 nitrogen and oxygen atoms in total. The Hall–Kier alpha value is -5.25. The van der Waals surface area contributed by atoms with Gasteiger partial charge >= 0.3 is 5.82 Å².